The fraction of sp³-hybridized carbons (Fsp3) is 0. The lowest BCUT2D eigenvalue weighted by Gasteiger charge is -1.98. The van der Waals surface area contributed by atoms with Crippen molar-refractivity contribution in [3.63, 3.8) is 0 Å². The van der Waals surface area contributed by atoms with Crippen LogP contribution in [0.5, 0.6) is 0 Å². The van der Waals surface area contributed by atoms with Crippen molar-refractivity contribution >= 4 is 18.0 Å². The van der Waals surface area contributed by atoms with Gasteiger partial charge in [0.2, 0.25) is 0 Å². The van der Waals surface area contributed by atoms with Gasteiger partial charge in [-0.05, 0) is 36.4 Å². The average Bonchev–Trinajstić information content (AvgIpc) is 3.05. The van der Waals surface area contributed by atoms with Gasteiger partial charge in [-0.3, -0.25) is 5.43 Å². The minimum atomic E-state index is -0.954. The summed E-state index contributed by atoms with van der Waals surface area (Å²) in [6, 6.07) is 15.6. The molecule has 0 saturated carbocycles. The SMILES string of the molecule is O=C(O)c1ccc(-c2ccc(/C=N/Nc3ccccn3)o2)cc1. The first-order chi connectivity index (χ1) is 11.2. The number of hydrogen-bond donors (Lipinski definition) is 2. The Kier molecular flexibility index (Phi) is 4.15. The molecule has 0 unspecified atom stereocenters. The maximum atomic E-state index is 10.8. The first kappa shape index (κ1) is 14.5. The molecule has 0 spiro atoms. The molecular weight excluding hydrogens is 294 g/mol. The Hall–Kier alpha value is -3.41. The molecule has 0 aliphatic rings. The van der Waals surface area contributed by atoms with E-state index < -0.39 is 5.97 Å². The lowest BCUT2D eigenvalue weighted by Crippen LogP contribution is -1.94. The molecule has 0 fully saturated rings. The van der Waals surface area contributed by atoms with Crippen LogP contribution in [0.15, 0.2) is 70.3 Å². The number of aromatic nitrogens is 1. The lowest BCUT2D eigenvalue weighted by atomic mass is 10.1. The predicted octanol–water partition coefficient (Wildman–Crippen LogP) is 3.49. The van der Waals surface area contributed by atoms with Gasteiger partial charge in [-0.2, -0.15) is 5.10 Å². The number of carboxylic acids is 1. The molecule has 6 heteroatoms. The zero-order valence-electron chi connectivity index (χ0n) is 12.0. The topological polar surface area (TPSA) is 87.7 Å². The summed E-state index contributed by atoms with van der Waals surface area (Å²) in [7, 11) is 0. The van der Waals surface area contributed by atoms with E-state index in [0.717, 1.165) is 5.56 Å². The summed E-state index contributed by atoms with van der Waals surface area (Å²) in [5, 5.41) is 12.9. The molecular formula is C17H13N3O3. The summed E-state index contributed by atoms with van der Waals surface area (Å²) in [6.07, 6.45) is 3.22. The summed E-state index contributed by atoms with van der Waals surface area (Å²) < 4.78 is 5.65. The largest absolute Gasteiger partial charge is 0.478 e. The quantitative estimate of drug-likeness (QED) is 0.556. The van der Waals surface area contributed by atoms with Gasteiger partial charge in [-0.25, -0.2) is 9.78 Å². The third-order valence-electron chi connectivity index (χ3n) is 3.08. The number of aromatic carboxylic acids is 1. The molecule has 0 atom stereocenters. The molecule has 3 rings (SSSR count). The van der Waals surface area contributed by atoms with E-state index in [1.807, 2.05) is 12.1 Å². The zero-order chi connectivity index (χ0) is 16.1. The third-order valence-corrected chi connectivity index (χ3v) is 3.08. The second-order valence-corrected chi connectivity index (χ2v) is 4.67. The van der Waals surface area contributed by atoms with Gasteiger partial charge in [0, 0.05) is 11.8 Å². The van der Waals surface area contributed by atoms with Gasteiger partial charge in [0.25, 0.3) is 0 Å². The van der Waals surface area contributed by atoms with Gasteiger partial charge in [-0.15, -0.1) is 0 Å². The summed E-state index contributed by atoms with van der Waals surface area (Å²) in [4.78, 5) is 14.9. The number of nitrogens with zero attached hydrogens (tertiary/aromatic N) is 2. The molecule has 23 heavy (non-hydrogen) atoms. The number of pyridine rings is 1. The van der Waals surface area contributed by atoms with Crippen LogP contribution >= 0.6 is 0 Å². The van der Waals surface area contributed by atoms with Crippen molar-refractivity contribution in [2.45, 2.75) is 0 Å². The standard InChI is InChI=1S/C17H13N3O3/c21-17(22)13-6-4-12(5-7-13)15-9-8-14(23-15)11-19-20-16-3-1-2-10-18-16/h1-11H,(H,18,20)(H,21,22)/b19-11+. The van der Waals surface area contributed by atoms with Gasteiger partial charge in [0.1, 0.15) is 17.3 Å². The van der Waals surface area contributed by atoms with Gasteiger partial charge >= 0.3 is 5.97 Å². The van der Waals surface area contributed by atoms with Crippen molar-refractivity contribution in [1.82, 2.24) is 4.98 Å². The fourth-order valence-electron chi connectivity index (χ4n) is 1.95. The van der Waals surface area contributed by atoms with E-state index >= 15 is 0 Å². The summed E-state index contributed by atoms with van der Waals surface area (Å²) in [5.41, 5.74) is 3.83. The van der Waals surface area contributed by atoms with Crippen LogP contribution in [0.25, 0.3) is 11.3 Å². The van der Waals surface area contributed by atoms with E-state index in [2.05, 4.69) is 15.5 Å². The Labute approximate surface area is 132 Å². The minimum absolute atomic E-state index is 0.238. The number of benzene rings is 1. The van der Waals surface area contributed by atoms with Crippen molar-refractivity contribution in [1.29, 1.82) is 0 Å². The summed E-state index contributed by atoms with van der Waals surface area (Å²) in [6.45, 7) is 0. The molecule has 0 saturated heterocycles. The van der Waals surface area contributed by atoms with E-state index in [9.17, 15) is 4.79 Å². The Morgan fingerprint density at radius 2 is 1.96 bits per heavy atom. The molecule has 1 aromatic carbocycles. The molecule has 0 bridgehead atoms. The highest BCUT2D eigenvalue weighted by Gasteiger charge is 2.06. The van der Waals surface area contributed by atoms with Crippen LogP contribution in [0, 0.1) is 0 Å². The lowest BCUT2D eigenvalue weighted by molar-refractivity contribution is 0.0697. The van der Waals surface area contributed by atoms with E-state index in [-0.39, 0.29) is 5.56 Å². The zero-order valence-corrected chi connectivity index (χ0v) is 12.0. The monoisotopic (exact) mass is 307 g/mol. The minimum Gasteiger partial charge on any atom is -0.478 e. The maximum Gasteiger partial charge on any atom is 0.335 e. The van der Waals surface area contributed by atoms with Crippen LogP contribution in [0.3, 0.4) is 0 Å². The number of carboxylic acid groups (broad SMARTS) is 1. The summed E-state index contributed by atoms with van der Waals surface area (Å²) in [5.74, 6) is 0.899. The van der Waals surface area contributed by atoms with Crippen LogP contribution in [-0.2, 0) is 0 Å². The van der Waals surface area contributed by atoms with Gasteiger partial charge in [-0.1, -0.05) is 18.2 Å². The number of nitrogens with one attached hydrogen (secondary N) is 1. The van der Waals surface area contributed by atoms with Crippen LogP contribution in [0.2, 0.25) is 0 Å². The molecule has 0 radical (unpaired) electrons. The Balaban J connectivity index is 1.69. The van der Waals surface area contributed by atoms with Gasteiger partial charge < -0.3 is 9.52 Å². The first-order valence-corrected chi connectivity index (χ1v) is 6.86. The van der Waals surface area contributed by atoms with Crippen LogP contribution in [0.4, 0.5) is 5.82 Å². The van der Waals surface area contributed by atoms with E-state index in [1.165, 1.54) is 12.1 Å². The van der Waals surface area contributed by atoms with Crippen LogP contribution in [-0.4, -0.2) is 22.3 Å². The highest BCUT2D eigenvalue weighted by Crippen LogP contribution is 2.22. The first-order valence-electron chi connectivity index (χ1n) is 6.86. The predicted molar refractivity (Wildman–Crippen MR) is 86.6 cm³/mol. The highest BCUT2D eigenvalue weighted by atomic mass is 16.4. The molecule has 0 amide bonds. The van der Waals surface area contributed by atoms with Gasteiger partial charge in [0.15, 0.2) is 0 Å². The number of hydrogen-bond acceptors (Lipinski definition) is 5. The van der Waals surface area contributed by atoms with E-state index in [4.69, 9.17) is 9.52 Å². The van der Waals surface area contributed by atoms with Crippen molar-refractivity contribution in [2.75, 3.05) is 5.43 Å². The Morgan fingerprint density at radius 1 is 1.13 bits per heavy atom. The normalized spacial score (nSPS) is 10.8. The van der Waals surface area contributed by atoms with Gasteiger partial charge in [0.05, 0.1) is 11.8 Å². The molecule has 2 N–H and O–H groups in total. The average molecular weight is 307 g/mol. The third kappa shape index (κ3) is 3.62. The second-order valence-electron chi connectivity index (χ2n) is 4.67. The van der Waals surface area contributed by atoms with Crippen molar-refractivity contribution < 1.29 is 14.3 Å². The highest BCUT2D eigenvalue weighted by molar-refractivity contribution is 5.88. The van der Waals surface area contributed by atoms with E-state index in [0.29, 0.717) is 17.3 Å². The smallest absolute Gasteiger partial charge is 0.335 e. The van der Waals surface area contributed by atoms with Crippen molar-refractivity contribution in [2.24, 2.45) is 5.10 Å². The fourth-order valence-corrected chi connectivity index (χ4v) is 1.95. The molecule has 114 valence electrons. The number of carbonyl (C=O) groups is 1. The van der Waals surface area contributed by atoms with Crippen LogP contribution in [0.1, 0.15) is 16.1 Å². The Morgan fingerprint density at radius 3 is 2.65 bits per heavy atom. The van der Waals surface area contributed by atoms with Crippen LogP contribution < -0.4 is 5.43 Å². The summed E-state index contributed by atoms with van der Waals surface area (Å²) >= 11 is 0. The molecule has 0 aliphatic heterocycles. The maximum absolute atomic E-state index is 10.8. The van der Waals surface area contributed by atoms with Crippen molar-refractivity contribution in [3.05, 3.63) is 72.1 Å². The number of anilines is 1. The molecule has 2 heterocycles. The number of hydrazone groups is 1. The van der Waals surface area contributed by atoms with Crippen molar-refractivity contribution in [3.8, 4) is 11.3 Å². The number of furan rings is 1. The Bertz CT molecular complexity index is 824. The second kappa shape index (κ2) is 6.57. The van der Waals surface area contributed by atoms with E-state index in [1.54, 1.807) is 42.7 Å². The molecule has 0 aliphatic carbocycles. The molecule has 2 aromatic heterocycles. The molecule has 6 nitrogen and oxygen atoms in total. The molecule has 3 aromatic rings. The number of rotatable bonds is 5.